The molecule has 0 aliphatic heterocycles. The van der Waals surface area contributed by atoms with Gasteiger partial charge in [0.25, 0.3) is 5.56 Å². The van der Waals surface area contributed by atoms with Gasteiger partial charge in [-0.3, -0.25) is 9.59 Å². The zero-order chi connectivity index (χ0) is 11.5. The Kier molecular flexibility index (Phi) is 2.87. The van der Waals surface area contributed by atoms with Gasteiger partial charge in [-0.05, 0) is 11.6 Å². The molecule has 0 saturated carbocycles. The number of hydrogen-bond donors (Lipinski definition) is 2. The van der Waals surface area contributed by atoms with E-state index in [1.807, 2.05) is 0 Å². The normalized spacial score (nSPS) is 10.3. The standard InChI is InChI=1S/C10H8ClN3O2/c11-8-2-1-6(3-12-5-15)7-4-13-14-10(16)9(7)8/h1-2,4-5H,3H2,(H,12,15)(H,14,16). The lowest BCUT2D eigenvalue weighted by Crippen LogP contribution is -2.13. The molecule has 0 atom stereocenters. The number of aromatic amines is 1. The molecule has 2 rings (SSSR count). The molecule has 1 aromatic carbocycles. The molecule has 0 unspecified atom stereocenters. The van der Waals surface area contributed by atoms with Gasteiger partial charge < -0.3 is 5.32 Å². The Morgan fingerprint density at radius 3 is 3.06 bits per heavy atom. The van der Waals surface area contributed by atoms with Gasteiger partial charge in [-0.1, -0.05) is 17.7 Å². The van der Waals surface area contributed by atoms with Gasteiger partial charge in [-0.2, -0.15) is 5.10 Å². The Labute approximate surface area is 95.4 Å². The fraction of sp³-hybridized carbons (Fsp3) is 0.100. The predicted molar refractivity (Wildman–Crippen MR) is 60.3 cm³/mol. The maximum absolute atomic E-state index is 11.5. The zero-order valence-corrected chi connectivity index (χ0v) is 8.91. The molecule has 0 radical (unpaired) electrons. The summed E-state index contributed by atoms with van der Waals surface area (Å²) in [7, 11) is 0. The number of fused-ring (bicyclic) bond motifs is 1. The highest BCUT2D eigenvalue weighted by Gasteiger charge is 2.07. The fourth-order valence-corrected chi connectivity index (χ4v) is 1.78. The number of benzene rings is 1. The molecule has 1 heterocycles. The quantitative estimate of drug-likeness (QED) is 0.777. The van der Waals surface area contributed by atoms with Gasteiger partial charge in [0, 0.05) is 11.9 Å². The van der Waals surface area contributed by atoms with Gasteiger partial charge in [0.1, 0.15) is 0 Å². The van der Waals surface area contributed by atoms with Crippen molar-refractivity contribution in [2.24, 2.45) is 0 Å². The maximum atomic E-state index is 11.5. The Bertz CT molecular complexity index is 594. The Balaban J connectivity index is 2.69. The molecular weight excluding hydrogens is 230 g/mol. The number of carbonyl (C=O) groups is 1. The number of rotatable bonds is 3. The van der Waals surface area contributed by atoms with Crippen LogP contribution in [0.15, 0.2) is 23.1 Å². The monoisotopic (exact) mass is 237 g/mol. The van der Waals surface area contributed by atoms with Crippen LogP contribution in [0.4, 0.5) is 0 Å². The van der Waals surface area contributed by atoms with Crippen LogP contribution in [0.1, 0.15) is 5.56 Å². The lowest BCUT2D eigenvalue weighted by molar-refractivity contribution is -0.109. The van der Waals surface area contributed by atoms with Gasteiger partial charge in [0.15, 0.2) is 0 Å². The minimum Gasteiger partial charge on any atom is -0.355 e. The van der Waals surface area contributed by atoms with Crippen LogP contribution in [0.2, 0.25) is 5.02 Å². The number of carbonyl (C=O) groups excluding carboxylic acids is 1. The van der Waals surface area contributed by atoms with Crippen molar-refractivity contribution in [1.29, 1.82) is 0 Å². The van der Waals surface area contributed by atoms with Crippen molar-refractivity contribution in [2.45, 2.75) is 6.54 Å². The van der Waals surface area contributed by atoms with E-state index < -0.39 is 0 Å². The van der Waals surface area contributed by atoms with E-state index in [9.17, 15) is 9.59 Å². The molecule has 0 saturated heterocycles. The van der Waals surface area contributed by atoms with Crippen LogP contribution in [-0.2, 0) is 11.3 Å². The Hall–Kier alpha value is -1.88. The molecule has 2 aromatic rings. The lowest BCUT2D eigenvalue weighted by atomic mass is 10.1. The second-order valence-electron chi connectivity index (χ2n) is 3.19. The van der Waals surface area contributed by atoms with E-state index in [1.54, 1.807) is 12.1 Å². The van der Waals surface area contributed by atoms with E-state index >= 15 is 0 Å². The number of aromatic nitrogens is 2. The van der Waals surface area contributed by atoms with Gasteiger partial charge in [0.05, 0.1) is 16.6 Å². The van der Waals surface area contributed by atoms with Crippen molar-refractivity contribution in [3.05, 3.63) is 39.3 Å². The Morgan fingerprint density at radius 2 is 2.31 bits per heavy atom. The summed E-state index contributed by atoms with van der Waals surface area (Å²) in [5.74, 6) is 0. The lowest BCUT2D eigenvalue weighted by Gasteiger charge is -2.05. The van der Waals surface area contributed by atoms with Gasteiger partial charge in [-0.25, -0.2) is 5.10 Å². The van der Waals surface area contributed by atoms with Crippen LogP contribution >= 0.6 is 11.6 Å². The summed E-state index contributed by atoms with van der Waals surface area (Å²) in [6.45, 7) is 0.336. The van der Waals surface area contributed by atoms with Crippen LogP contribution in [0.3, 0.4) is 0 Å². The zero-order valence-electron chi connectivity index (χ0n) is 8.16. The molecule has 0 aliphatic carbocycles. The smallest absolute Gasteiger partial charge is 0.273 e. The molecule has 0 fully saturated rings. The predicted octanol–water partition coefficient (Wildman–Crippen LogP) is 0.822. The van der Waals surface area contributed by atoms with Crippen molar-refractivity contribution in [2.75, 3.05) is 0 Å². The van der Waals surface area contributed by atoms with E-state index in [1.165, 1.54) is 6.20 Å². The largest absolute Gasteiger partial charge is 0.355 e. The summed E-state index contributed by atoms with van der Waals surface area (Å²) in [6.07, 6.45) is 2.12. The number of hydrogen-bond acceptors (Lipinski definition) is 3. The number of nitrogens with zero attached hydrogens (tertiary/aromatic N) is 1. The van der Waals surface area contributed by atoms with E-state index in [2.05, 4.69) is 15.5 Å². The highest BCUT2D eigenvalue weighted by atomic mass is 35.5. The highest BCUT2D eigenvalue weighted by Crippen LogP contribution is 2.22. The SMILES string of the molecule is O=CNCc1ccc(Cl)c2c(=O)[nH]ncc12. The summed E-state index contributed by atoms with van der Waals surface area (Å²) in [5.41, 5.74) is 0.459. The third kappa shape index (κ3) is 1.77. The summed E-state index contributed by atoms with van der Waals surface area (Å²) in [5, 5.41) is 9.96. The first-order valence-corrected chi connectivity index (χ1v) is 4.93. The van der Waals surface area contributed by atoms with Crippen molar-refractivity contribution < 1.29 is 4.79 Å². The second-order valence-corrected chi connectivity index (χ2v) is 3.60. The summed E-state index contributed by atoms with van der Waals surface area (Å²) in [6, 6.07) is 3.38. The molecule has 16 heavy (non-hydrogen) atoms. The van der Waals surface area contributed by atoms with E-state index in [0.717, 1.165) is 5.56 Å². The summed E-state index contributed by atoms with van der Waals surface area (Å²) in [4.78, 5) is 21.8. The minimum atomic E-state index is -0.338. The van der Waals surface area contributed by atoms with Gasteiger partial charge in [0.2, 0.25) is 6.41 Å². The average Bonchev–Trinajstić information content (AvgIpc) is 2.28. The van der Waals surface area contributed by atoms with E-state index in [-0.39, 0.29) is 5.56 Å². The van der Waals surface area contributed by atoms with Crippen molar-refractivity contribution in [1.82, 2.24) is 15.5 Å². The maximum Gasteiger partial charge on any atom is 0.273 e. The van der Waals surface area contributed by atoms with Crippen molar-refractivity contribution >= 4 is 28.8 Å². The van der Waals surface area contributed by atoms with Crippen molar-refractivity contribution in [3.63, 3.8) is 0 Å². The number of H-pyrrole nitrogens is 1. The number of nitrogens with one attached hydrogen (secondary N) is 2. The number of amides is 1. The molecule has 1 aromatic heterocycles. The van der Waals surface area contributed by atoms with E-state index in [4.69, 9.17) is 11.6 Å². The third-order valence-electron chi connectivity index (χ3n) is 2.25. The molecule has 0 spiro atoms. The van der Waals surface area contributed by atoms with Gasteiger partial charge >= 0.3 is 0 Å². The molecule has 0 bridgehead atoms. The molecule has 1 amide bonds. The van der Waals surface area contributed by atoms with Crippen LogP contribution in [0, 0.1) is 0 Å². The Morgan fingerprint density at radius 1 is 1.50 bits per heavy atom. The minimum absolute atomic E-state index is 0.336. The summed E-state index contributed by atoms with van der Waals surface area (Å²) < 4.78 is 0. The first kappa shape index (κ1) is 10.6. The molecular formula is C10H8ClN3O2. The first-order chi connectivity index (χ1) is 7.74. The first-order valence-electron chi connectivity index (χ1n) is 4.56. The van der Waals surface area contributed by atoms with E-state index in [0.29, 0.717) is 28.7 Å². The van der Waals surface area contributed by atoms with Crippen LogP contribution in [0.5, 0.6) is 0 Å². The fourth-order valence-electron chi connectivity index (χ4n) is 1.53. The molecule has 5 nitrogen and oxygen atoms in total. The highest BCUT2D eigenvalue weighted by molar-refractivity contribution is 6.35. The van der Waals surface area contributed by atoms with Crippen molar-refractivity contribution in [3.8, 4) is 0 Å². The molecule has 2 N–H and O–H groups in total. The third-order valence-corrected chi connectivity index (χ3v) is 2.56. The number of halogens is 1. The molecule has 0 aliphatic rings. The van der Waals surface area contributed by atoms with Crippen LogP contribution in [-0.4, -0.2) is 16.6 Å². The second kappa shape index (κ2) is 4.32. The average molecular weight is 238 g/mol. The van der Waals surface area contributed by atoms with Gasteiger partial charge in [-0.15, -0.1) is 0 Å². The van der Waals surface area contributed by atoms with Crippen LogP contribution < -0.4 is 10.9 Å². The molecule has 82 valence electrons. The summed E-state index contributed by atoms with van der Waals surface area (Å²) >= 11 is 5.93. The topological polar surface area (TPSA) is 74.8 Å². The molecule has 6 heteroatoms. The van der Waals surface area contributed by atoms with Crippen LogP contribution in [0.25, 0.3) is 10.8 Å².